The maximum Gasteiger partial charge on any atom is 0.243 e. The zero-order valence-corrected chi connectivity index (χ0v) is 21.0. The molecule has 0 saturated carbocycles. The van der Waals surface area contributed by atoms with E-state index >= 15 is 0 Å². The molecule has 0 aliphatic carbocycles. The van der Waals surface area contributed by atoms with Crippen molar-refractivity contribution in [3.63, 3.8) is 0 Å². The number of aromatic hydroxyl groups is 1. The molecule has 3 amide bonds. The average molecular weight is 531 g/mol. The molecule has 11 nitrogen and oxygen atoms in total. The van der Waals surface area contributed by atoms with Crippen LogP contribution >= 0.6 is 0 Å². The van der Waals surface area contributed by atoms with Crippen LogP contribution in [0.4, 0.5) is 4.39 Å². The molecule has 12 heteroatoms. The predicted octanol–water partition coefficient (Wildman–Crippen LogP) is -1.23. The van der Waals surface area contributed by atoms with Gasteiger partial charge >= 0.3 is 0 Å². The quantitative estimate of drug-likeness (QED) is 0.217. The summed E-state index contributed by atoms with van der Waals surface area (Å²) in [4.78, 5) is 39.2. The van der Waals surface area contributed by atoms with Gasteiger partial charge < -0.3 is 43.4 Å². The van der Waals surface area contributed by atoms with Crippen molar-refractivity contribution in [2.24, 2.45) is 17.2 Å². The summed E-state index contributed by atoms with van der Waals surface area (Å²) in [6, 6.07) is 5.74. The van der Waals surface area contributed by atoms with Crippen LogP contribution in [0.25, 0.3) is 11.1 Å². The van der Waals surface area contributed by atoms with E-state index in [0.29, 0.717) is 23.1 Å². The molecule has 38 heavy (non-hydrogen) atoms. The van der Waals surface area contributed by atoms with E-state index in [2.05, 4.69) is 16.0 Å². The third-order valence-corrected chi connectivity index (χ3v) is 6.41. The van der Waals surface area contributed by atoms with Crippen molar-refractivity contribution in [2.45, 2.75) is 49.9 Å². The summed E-state index contributed by atoms with van der Waals surface area (Å²) < 4.78 is 14.9. The Labute approximate surface area is 219 Å². The molecule has 11 N–H and O–H groups in total. The Bertz CT molecular complexity index is 1160. The number of carbonyl (C=O) groups is 3. The summed E-state index contributed by atoms with van der Waals surface area (Å²) in [5.74, 6) is -2.60. The van der Waals surface area contributed by atoms with Crippen molar-refractivity contribution in [3.05, 3.63) is 53.3 Å². The van der Waals surface area contributed by atoms with Gasteiger partial charge in [-0.15, -0.1) is 0 Å². The Morgan fingerprint density at radius 1 is 1.05 bits per heavy atom. The molecule has 0 spiro atoms. The zero-order chi connectivity index (χ0) is 27.8. The van der Waals surface area contributed by atoms with Crippen LogP contribution in [0.15, 0.2) is 36.4 Å². The number of amides is 3. The lowest BCUT2D eigenvalue weighted by Crippen LogP contribution is -2.57. The fraction of sp³-hybridized carbons (Fsp3) is 0.423. The van der Waals surface area contributed by atoms with Gasteiger partial charge in [0.2, 0.25) is 17.7 Å². The number of nitrogens with two attached hydrogens (primary N) is 3. The number of benzene rings is 2. The van der Waals surface area contributed by atoms with Crippen LogP contribution in [0.5, 0.6) is 5.75 Å². The highest BCUT2D eigenvalue weighted by Gasteiger charge is 2.29. The number of rotatable bonds is 7. The smallest absolute Gasteiger partial charge is 0.243 e. The summed E-state index contributed by atoms with van der Waals surface area (Å²) in [6.07, 6.45) is -0.658. The first kappa shape index (κ1) is 29.0. The first-order chi connectivity index (χ1) is 18.1. The lowest BCUT2D eigenvalue weighted by atomic mass is 9.95. The first-order valence-corrected chi connectivity index (χ1v) is 12.5. The molecule has 2 aromatic rings. The van der Waals surface area contributed by atoms with Crippen LogP contribution in [0.1, 0.15) is 24.0 Å². The Morgan fingerprint density at radius 3 is 2.42 bits per heavy atom. The summed E-state index contributed by atoms with van der Waals surface area (Å²) in [5, 5.41) is 27.8. The normalized spacial score (nSPS) is 20.9. The number of nitrogens with one attached hydrogen (secondary N) is 3. The molecular weight excluding hydrogens is 495 g/mol. The van der Waals surface area contributed by atoms with Crippen molar-refractivity contribution in [3.8, 4) is 16.9 Å². The highest BCUT2D eigenvalue weighted by Crippen LogP contribution is 2.28. The predicted molar refractivity (Wildman–Crippen MR) is 139 cm³/mol. The molecule has 1 aliphatic rings. The first-order valence-electron chi connectivity index (χ1n) is 12.5. The summed E-state index contributed by atoms with van der Waals surface area (Å²) in [5.41, 5.74) is 18.9. The summed E-state index contributed by atoms with van der Waals surface area (Å²) in [6.45, 7) is 0.00398. The third-order valence-electron chi connectivity index (χ3n) is 6.41. The molecule has 3 rings (SSSR count). The number of fused-ring (bicyclic) bond motifs is 5. The number of aliphatic hydroxyl groups excluding tert-OH is 1. The van der Waals surface area contributed by atoms with Crippen LogP contribution in [0.2, 0.25) is 0 Å². The van der Waals surface area contributed by atoms with E-state index in [0.717, 1.165) is 0 Å². The monoisotopic (exact) mass is 530 g/mol. The molecule has 1 unspecified atom stereocenters. The number of hydrogen-bond donors (Lipinski definition) is 8. The van der Waals surface area contributed by atoms with Gasteiger partial charge in [0.1, 0.15) is 23.7 Å². The summed E-state index contributed by atoms with van der Waals surface area (Å²) >= 11 is 0. The fourth-order valence-electron chi connectivity index (χ4n) is 4.16. The lowest BCUT2D eigenvalue weighted by molar-refractivity contribution is -0.132. The standard InChI is InChI=1S/C26H35FN6O5/c27-19-5-3-14-8-16(19)11-22(25(37)31-13-18(34)12-29)33-26(38)21(2-1-7-28)32-24(36)20(30)10-17-9-15(14)4-6-23(17)35/h3-6,8-9,18,20-22,34-35H,1-2,7,10-13,28-30H2,(H,31,37)(H,32,36)(H,33,38)/t18?,20-,21-,22-/m0/s1. The highest BCUT2D eigenvalue weighted by molar-refractivity contribution is 5.93. The lowest BCUT2D eigenvalue weighted by Gasteiger charge is -2.24. The number of halogens is 1. The molecule has 4 atom stereocenters. The maximum atomic E-state index is 14.9. The number of hydrogen-bond acceptors (Lipinski definition) is 8. The van der Waals surface area contributed by atoms with E-state index in [4.69, 9.17) is 17.2 Å². The van der Waals surface area contributed by atoms with Crippen LogP contribution in [0, 0.1) is 5.82 Å². The Balaban J connectivity index is 2.06. The zero-order valence-electron chi connectivity index (χ0n) is 21.0. The second-order valence-electron chi connectivity index (χ2n) is 9.35. The van der Waals surface area contributed by atoms with Gasteiger partial charge in [0, 0.05) is 25.9 Å². The largest absolute Gasteiger partial charge is 0.508 e. The molecule has 0 radical (unpaired) electrons. The van der Waals surface area contributed by atoms with E-state index in [1.807, 2.05) is 0 Å². The molecule has 1 heterocycles. The van der Waals surface area contributed by atoms with Gasteiger partial charge in [-0.1, -0.05) is 12.1 Å². The summed E-state index contributed by atoms with van der Waals surface area (Å²) in [7, 11) is 0. The second-order valence-corrected chi connectivity index (χ2v) is 9.35. The van der Waals surface area contributed by atoms with E-state index in [-0.39, 0.29) is 50.2 Å². The Morgan fingerprint density at radius 2 is 1.74 bits per heavy atom. The second kappa shape index (κ2) is 13.3. The van der Waals surface area contributed by atoms with E-state index in [9.17, 15) is 29.0 Å². The van der Waals surface area contributed by atoms with Crippen molar-refractivity contribution < 1.29 is 29.0 Å². The minimum absolute atomic E-state index is 0.0146. The van der Waals surface area contributed by atoms with Crippen LogP contribution in [-0.4, -0.2) is 71.8 Å². The SMILES string of the molecule is NCCC[C@@H]1NC(=O)[C@@H](N)Cc2cc(ccc2O)-c2ccc(F)c(c2)C[C@@H](C(=O)NCC(O)CN)NC1=O. The highest BCUT2D eigenvalue weighted by atomic mass is 19.1. The molecule has 1 aliphatic heterocycles. The van der Waals surface area contributed by atoms with Gasteiger partial charge in [0.05, 0.1) is 12.1 Å². The van der Waals surface area contributed by atoms with Crippen molar-refractivity contribution in [2.75, 3.05) is 19.6 Å². The molecule has 0 aromatic heterocycles. The van der Waals surface area contributed by atoms with E-state index in [1.54, 1.807) is 24.3 Å². The number of phenolic OH excluding ortho intramolecular Hbond substituents is 1. The minimum Gasteiger partial charge on any atom is -0.508 e. The molecule has 2 aromatic carbocycles. The van der Waals surface area contributed by atoms with Crippen LogP contribution in [-0.2, 0) is 27.2 Å². The Hall–Kier alpha value is -3.58. The minimum atomic E-state index is -1.23. The number of phenols is 1. The van der Waals surface area contributed by atoms with Gasteiger partial charge in [-0.25, -0.2) is 4.39 Å². The fourth-order valence-corrected chi connectivity index (χ4v) is 4.16. The van der Waals surface area contributed by atoms with Crippen LogP contribution < -0.4 is 33.2 Å². The molecule has 0 saturated heterocycles. The van der Waals surface area contributed by atoms with Crippen molar-refractivity contribution in [1.29, 1.82) is 0 Å². The average Bonchev–Trinajstić information content (AvgIpc) is 2.90. The molecule has 206 valence electrons. The van der Waals surface area contributed by atoms with Crippen LogP contribution in [0.3, 0.4) is 0 Å². The van der Waals surface area contributed by atoms with Gasteiger partial charge in [0.15, 0.2) is 0 Å². The number of aliphatic hydroxyl groups is 1. The van der Waals surface area contributed by atoms with Gasteiger partial charge in [-0.2, -0.15) is 0 Å². The third kappa shape index (κ3) is 7.48. The topological polar surface area (TPSA) is 206 Å². The van der Waals surface area contributed by atoms with E-state index in [1.165, 1.54) is 12.1 Å². The van der Waals surface area contributed by atoms with E-state index < -0.39 is 47.8 Å². The Kier molecular flexibility index (Phi) is 10.1. The van der Waals surface area contributed by atoms with Gasteiger partial charge in [0.25, 0.3) is 0 Å². The van der Waals surface area contributed by atoms with Crippen molar-refractivity contribution >= 4 is 17.7 Å². The molecule has 0 fully saturated rings. The van der Waals surface area contributed by atoms with Gasteiger partial charge in [-0.3, -0.25) is 14.4 Å². The maximum absolute atomic E-state index is 14.9. The number of carbonyl (C=O) groups excluding carboxylic acids is 3. The molecule has 4 bridgehead atoms. The van der Waals surface area contributed by atoms with Crippen molar-refractivity contribution in [1.82, 2.24) is 16.0 Å². The molecular formula is C26H35FN6O5. The van der Waals surface area contributed by atoms with Gasteiger partial charge in [-0.05, 0) is 65.9 Å².